The summed E-state index contributed by atoms with van der Waals surface area (Å²) in [6.45, 7) is 11.8. The molecule has 0 bridgehead atoms. The molecule has 0 heterocycles. The Labute approximate surface area is 178 Å². The Morgan fingerprint density at radius 3 is 1.20 bits per heavy atom. The number of carbonyl (C=O) groups excluding carboxylic acids is 2. The van der Waals surface area contributed by atoms with Crippen molar-refractivity contribution in [2.45, 2.75) is 41.5 Å². The van der Waals surface area contributed by atoms with Crippen LogP contribution in [-0.2, 0) is 19.1 Å². The summed E-state index contributed by atoms with van der Waals surface area (Å²) in [5, 5.41) is 0. The number of hydrogen-bond donors (Lipinski definition) is 0. The Kier molecular flexibility index (Phi) is 8.27. The van der Waals surface area contributed by atoms with Crippen LogP contribution in [0.25, 0.3) is 11.1 Å². The third-order valence-electron chi connectivity index (χ3n) is 4.53. The molecular formula is C24H30O6. The molecule has 0 saturated heterocycles. The maximum Gasteiger partial charge on any atom is 0.344 e. The predicted octanol–water partition coefficient (Wildman–Crippen LogP) is 4.47. The van der Waals surface area contributed by atoms with Gasteiger partial charge in [0.2, 0.25) is 0 Å². The van der Waals surface area contributed by atoms with Gasteiger partial charge in [-0.05, 0) is 99.2 Å². The van der Waals surface area contributed by atoms with E-state index in [9.17, 15) is 9.59 Å². The minimum atomic E-state index is -0.384. The van der Waals surface area contributed by atoms with Crippen LogP contribution in [0.2, 0.25) is 0 Å². The van der Waals surface area contributed by atoms with Gasteiger partial charge in [0.15, 0.2) is 13.2 Å². The molecule has 0 spiro atoms. The minimum Gasteiger partial charge on any atom is -0.481 e. The van der Waals surface area contributed by atoms with Gasteiger partial charge >= 0.3 is 11.9 Å². The molecule has 0 aliphatic carbocycles. The Bertz CT molecular complexity index is 794. The number of carbonyl (C=O) groups is 2. The molecule has 30 heavy (non-hydrogen) atoms. The number of hydrogen-bond acceptors (Lipinski definition) is 6. The minimum absolute atomic E-state index is 0.112. The van der Waals surface area contributed by atoms with Gasteiger partial charge < -0.3 is 18.9 Å². The molecule has 162 valence electrons. The first-order valence-corrected chi connectivity index (χ1v) is 10.1. The number of aryl methyl sites for hydroxylation is 4. The lowest BCUT2D eigenvalue weighted by Gasteiger charge is -2.16. The highest BCUT2D eigenvalue weighted by molar-refractivity contribution is 5.73. The lowest BCUT2D eigenvalue weighted by molar-refractivity contribution is -0.146. The number of benzene rings is 2. The first-order chi connectivity index (χ1) is 14.3. The third kappa shape index (κ3) is 5.99. The van der Waals surface area contributed by atoms with Gasteiger partial charge in [0.05, 0.1) is 13.2 Å². The van der Waals surface area contributed by atoms with Gasteiger partial charge in [-0.15, -0.1) is 0 Å². The van der Waals surface area contributed by atoms with Crippen LogP contribution in [0.4, 0.5) is 0 Å². The summed E-state index contributed by atoms with van der Waals surface area (Å²) in [7, 11) is 0. The lowest BCUT2D eigenvalue weighted by atomic mass is 9.96. The first-order valence-electron chi connectivity index (χ1n) is 10.1. The highest BCUT2D eigenvalue weighted by atomic mass is 16.6. The van der Waals surface area contributed by atoms with Crippen LogP contribution in [0.15, 0.2) is 24.3 Å². The fourth-order valence-corrected chi connectivity index (χ4v) is 3.36. The molecule has 0 saturated carbocycles. The van der Waals surface area contributed by atoms with E-state index in [4.69, 9.17) is 18.9 Å². The molecule has 0 N–H and O–H groups in total. The fraction of sp³-hybridized carbons (Fsp3) is 0.417. The summed E-state index contributed by atoms with van der Waals surface area (Å²) in [6, 6.07) is 8.11. The molecule has 2 aromatic carbocycles. The van der Waals surface area contributed by atoms with E-state index in [-0.39, 0.29) is 25.2 Å². The summed E-state index contributed by atoms with van der Waals surface area (Å²) >= 11 is 0. The van der Waals surface area contributed by atoms with Gasteiger partial charge in [0, 0.05) is 0 Å². The second-order valence-corrected chi connectivity index (χ2v) is 7.07. The fourth-order valence-electron chi connectivity index (χ4n) is 3.36. The first kappa shape index (κ1) is 23.3. The van der Waals surface area contributed by atoms with Gasteiger partial charge in [-0.1, -0.05) is 0 Å². The average Bonchev–Trinajstić information content (AvgIpc) is 2.66. The summed E-state index contributed by atoms with van der Waals surface area (Å²) in [6.07, 6.45) is 0. The van der Waals surface area contributed by atoms with Crippen LogP contribution in [0.1, 0.15) is 36.1 Å². The van der Waals surface area contributed by atoms with E-state index >= 15 is 0 Å². The second-order valence-electron chi connectivity index (χ2n) is 7.07. The van der Waals surface area contributed by atoms with E-state index in [2.05, 4.69) is 0 Å². The Hall–Kier alpha value is -3.02. The maximum atomic E-state index is 11.6. The number of rotatable bonds is 9. The van der Waals surface area contributed by atoms with Gasteiger partial charge in [0.1, 0.15) is 11.5 Å². The van der Waals surface area contributed by atoms with Crippen LogP contribution in [0, 0.1) is 27.7 Å². The largest absolute Gasteiger partial charge is 0.481 e. The molecule has 2 rings (SSSR count). The highest BCUT2D eigenvalue weighted by Crippen LogP contribution is 2.34. The van der Waals surface area contributed by atoms with Crippen molar-refractivity contribution in [3.8, 4) is 22.6 Å². The van der Waals surface area contributed by atoms with Crippen LogP contribution >= 0.6 is 0 Å². The van der Waals surface area contributed by atoms with Gasteiger partial charge in [-0.2, -0.15) is 0 Å². The lowest BCUT2D eigenvalue weighted by Crippen LogP contribution is -2.15. The molecular weight excluding hydrogens is 384 g/mol. The smallest absolute Gasteiger partial charge is 0.344 e. The molecule has 6 heteroatoms. The molecule has 0 unspecified atom stereocenters. The van der Waals surface area contributed by atoms with Crippen LogP contribution < -0.4 is 9.47 Å². The Morgan fingerprint density at radius 1 is 0.633 bits per heavy atom. The van der Waals surface area contributed by atoms with E-state index in [0.29, 0.717) is 24.7 Å². The van der Waals surface area contributed by atoms with Crippen molar-refractivity contribution in [2.75, 3.05) is 26.4 Å². The van der Waals surface area contributed by atoms with Gasteiger partial charge in [0.25, 0.3) is 0 Å². The van der Waals surface area contributed by atoms with E-state index in [1.165, 1.54) is 0 Å². The van der Waals surface area contributed by atoms with Crippen molar-refractivity contribution in [1.82, 2.24) is 0 Å². The second kappa shape index (κ2) is 10.7. The molecule has 0 aliphatic rings. The van der Waals surface area contributed by atoms with Crippen molar-refractivity contribution >= 4 is 11.9 Å². The van der Waals surface area contributed by atoms with Crippen molar-refractivity contribution < 1.29 is 28.5 Å². The average molecular weight is 414 g/mol. The normalized spacial score (nSPS) is 10.5. The zero-order valence-electron chi connectivity index (χ0n) is 18.6. The quantitative estimate of drug-likeness (QED) is 0.564. The van der Waals surface area contributed by atoms with Gasteiger partial charge in [-0.25, -0.2) is 9.59 Å². The molecule has 0 aromatic heterocycles. The summed E-state index contributed by atoms with van der Waals surface area (Å²) in [4.78, 5) is 23.2. The van der Waals surface area contributed by atoms with E-state index in [1.54, 1.807) is 13.8 Å². The Morgan fingerprint density at radius 2 is 0.933 bits per heavy atom. The maximum absolute atomic E-state index is 11.6. The SMILES string of the molecule is CCOC(=O)COc1c(C)cc(-c2cc(C)c(OCC(=O)OCC)c(C)c2)cc1C. The Balaban J connectivity index is 2.23. The van der Waals surface area contributed by atoms with E-state index in [1.807, 2.05) is 52.0 Å². The zero-order valence-corrected chi connectivity index (χ0v) is 18.6. The standard InChI is InChI=1S/C24H30O6/c1-7-27-21(25)13-29-23-15(3)9-19(10-16(23)4)20-11-17(5)24(18(6)12-20)30-14-22(26)28-8-2/h9-12H,7-8,13-14H2,1-6H3. The molecule has 0 aliphatic heterocycles. The van der Waals surface area contributed by atoms with E-state index in [0.717, 1.165) is 33.4 Å². The van der Waals surface area contributed by atoms with Crippen molar-refractivity contribution in [3.63, 3.8) is 0 Å². The van der Waals surface area contributed by atoms with Crippen LogP contribution in [-0.4, -0.2) is 38.4 Å². The number of ether oxygens (including phenoxy) is 4. The van der Waals surface area contributed by atoms with Crippen molar-refractivity contribution in [1.29, 1.82) is 0 Å². The number of esters is 2. The monoisotopic (exact) mass is 414 g/mol. The molecule has 2 aromatic rings. The topological polar surface area (TPSA) is 71.1 Å². The van der Waals surface area contributed by atoms with E-state index < -0.39 is 0 Å². The zero-order chi connectivity index (χ0) is 22.3. The van der Waals surface area contributed by atoms with Gasteiger partial charge in [-0.3, -0.25) is 0 Å². The summed E-state index contributed by atoms with van der Waals surface area (Å²) < 4.78 is 21.2. The third-order valence-corrected chi connectivity index (χ3v) is 4.53. The highest BCUT2D eigenvalue weighted by Gasteiger charge is 2.14. The van der Waals surface area contributed by atoms with Crippen molar-refractivity contribution in [2.24, 2.45) is 0 Å². The van der Waals surface area contributed by atoms with Crippen LogP contribution in [0.3, 0.4) is 0 Å². The predicted molar refractivity (Wildman–Crippen MR) is 115 cm³/mol. The molecule has 0 atom stereocenters. The molecule has 0 radical (unpaired) electrons. The summed E-state index contributed by atoms with van der Waals surface area (Å²) in [5.74, 6) is 0.611. The van der Waals surface area contributed by atoms with Crippen LogP contribution in [0.5, 0.6) is 11.5 Å². The molecule has 0 fully saturated rings. The summed E-state index contributed by atoms with van der Waals surface area (Å²) in [5.41, 5.74) is 5.83. The van der Waals surface area contributed by atoms with Crippen molar-refractivity contribution in [3.05, 3.63) is 46.5 Å². The molecule has 6 nitrogen and oxygen atoms in total. The molecule has 0 amide bonds.